The minimum atomic E-state index is -0.897. The van der Waals surface area contributed by atoms with Gasteiger partial charge in [0.05, 0.1) is 5.02 Å². The fourth-order valence-electron chi connectivity index (χ4n) is 1.27. The van der Waals surface area contributed by atoms with Crippen LogP contribution in [0.3, 0.4) is 0 Å². The first kappa shape index (κ1) is 14.5. The second kappa shape index (κ2) is 5.38. The quantitative estimate of drug-likeness (QED) is 0.924. The molecule has 0 radical (unpaired) electrons. The number of hydrogen-bond donors (Lipinski definition) is 1. The van der Waals surface area contributed by atoms with E-state index in [-0.39, 0.29) is 0 Å². The van der Waals surface area contributed by atoms with Crippen LogP contribution in [0.1, 0.15) is 19.4 Å². The lowest BCUT2D eigenvalue weighted by molar-refractivity contribution is -0.148. The lowest BCUT2D eigenvalue weighted by atomic mass is 10.0. The number of benzene rings is 1. The predicted octanol–water partition coefficient (Wildman–Crippen LogP) is 3.40. The molecule has 0 aliphatic heterocycles. The van der Waals surface area contributed by atoms with E-state index in [0.29, 0.717) is 11.6 Å². The maximum absolute atomic E-state index is 11.1. The summed E-state index contributed by atoms with van der Waals surface area (Å²) in [4.78, 5) is 12.9. The average Bonchev–Trinajstić information content (AvgIpc) is 2.23. The average molecular weight is 321 g/mol. The second-order valence-corrected chi connectivity index (χ2v) is 5.73. The highest BCUT2D eigenvalue weighted by Gasteiger charge is 2.31. The van der Waals surface area contributed by atoms with Crippen molar-refractivity contribution in [3.05, 3.63) is 33.3 Å². The van der Waals surface area contributed by atoms with Crippen molar-refractivity contribution < 1.29 is 9.90 Å². The van der Waals surface area contributed by atoms with Gasteiger partial charge in [0, 0.05) is 11.0 Å². The summed E-state index contributed by atoms with van der Waals surface area (Å²) in [5.74, 6) is -0.840. The van der Waals surface area contributed by atoms with Gasteiger partial charge in [-0.2, -0.15) is 0 Å². The van der Waals surface area contributed by atoms with Gasteiger partial charge in [0.2, 0.25) is 0 Å². The van der Waals surface area contributed by atoms with Crippen molar-refractivity contribution >= 4 is 33.5 Å². The molecule has 1 aromatic rings. The molecule has 5 heteroatoms. The van der Waals surface area contributed by atoms with Crippen LogP contribution in [0, 0.1) is 0 Å². The van der Waals surface area contributed by atoms with Gasteiger partial charge in [0.25, 0.3) is 0 Å². The van der Waals surface area contributed by atoms with E-state index in [1.54, 1.807) is 31.9 Å². The van der Waals surface area contributed by atoms with Gasteiger partial charge >= 0.3 is 5.97 Å². The van der Waals surface area contributed by atoms with Crippen molar-refractivity contribution in [2.45, 2.75) is 25.9 Å². The summed E-state index contributed by atoms with van der Waals surface area (Å²) < 4.78 is 0.818. The zero-order valence-electron chi connectivity index (χ0n) is 10.00. The Kier molecular flexibility index (Phi) is 4.58. The van der Waals surface area contributed by atoms with Crippen molar-refractivity contribution in [2.75, 3.05) is 7.05 Å². The number of nitrogens with zero attached hydrogens (tertiary/aromatic N) is 1. The summed E-state index contributed by atoms with van der Waals surface area (Å²) >= 11 is 9.25. The van der Waals surface area contributed by atoms with Crippen LogP contribution >= 0.6 is 27.5 Å². The Labute approximate surface area is 115 Å². The van der Waals surface area contributed by atoms with E-state index in [1.165, 1.54) is 0 Å². The van der Waals surface area contributed by atoms with Crippen molar-refractivity contribution in [1.82, 2.24) is 4.90 Å². The topological polar surface area (TPSA) is 40.5 Å². The Morgan fingerprint density at radius 2 is 2.12 bits per heavy atom. The predicted molar refractivity (Wildman–Crippen MR) is 72.3 cm³/mol. The Hall–Kier alpha value is -0.580. The molecular formula is C12H15BrClNO2. The Bertz CT molecular complexity index is 435. The molecule has 0 saturated heterocycles. The molecule has 0 unspecified atom stereocenters. The zero-order valence-corrected chi connectivity index (χ0v) is 12.3. The molecule has 0 atom stereocenters. The highest BCUT2D eigenvalue weighted by Crippen LogP contribution is 2.25. The number of halogens is 2. The highest BCUT2D eigenvalue weighted by molar-refractivity contribution is 9.10. The minimum absolute atomic E-state index is 0.551. The molecule has 0 bridgehead atoms. The van der Waals surface area contributed by atoms with E-state index in [2.05, 4.69) is 15.9 Å². The third-order valence-electron chi connectivity index (χ3n) is 2.88. The van der Waals surface area contributed by atoms with Gasteiger partial charge < -0.3 is 5.11 Å². The highest BCUT2D eigenvalue weighted by atomic mass is 79.9. The standard InChI is InChI=1S/C12H15BrClNO2/c1-12(2,11(16)17)15(3)7-8-4-5-10(14)9(13)6-8/h4-6H,7H2,1-3H3,(H,16,17). The van der Waals surface area contributed by atoms with Gasteiger partial charge in [-0.05, 0) is 54.5 Å². The molecule has 0 spiro atoms. The van der Waals surface area contributed by atoms with E-state index in [0.717, 1.165) is 10.0 Å². The van der Waals surface area contributed by atoms with E-state index < -0.39 is 11.5 Å². The summed E-state index contributed by atoms with van der Waals surface area (Å²) in [5.41, 5.74) is 0.115. The molecule has 1 aromatic carbocycles. The van der Waals surface area contributed by atoms with E-state index in [4.69, 9.17) is 16.7 Å². The van der Waals surface area contributed by atoms with Crippen molar-refractivity contribution in [3.63, 3.8) is 0 Å². The fraction of sp³-hybridized carbons (Fsp3) is 0.417. The second-order valence-electron chi connectivity index (χ2n) is 4.47. The van der Waals surface area contributed by atoms with Gasteiger partial charge in [0.1, 0.15) is 5.54 Å². The van der Waals surface area contributed by atoms with E-state index in [1.807, 2.05) is 12.1 Å². The van der Waals surface area contributed by atoms with Crippen molar-refractivity contribution in [1.29, 1.82) is 0 Å². The maximum atomic E-state index is 11.1. The number of aliphatic carboxylic acids is 1. The van der Waals surface area contributed by atoms with Crippen LogP contribution in [-0.4, -0.2) is 28.6 Å². The Morgan fingerprint density at radius 3 is 2.59 bits per heavy atom. The molecule has 0 saturated carbocycles. The number of likely N-dealkylation sites (N-methyl/N-ethyl adjacent to an activating group) is 1. The maximum Gasteiger partial charge on any atom is 0.323 e. The van der Waals surface area contributed by atoms with Crippen LogP contribution in [0.5, 0.6) is 0 Å². The first-order valence-electron chi connectivity index (χ1n) is 5.13. The number of carbonyl (C=O) groups is 1. The molecule has 94 valence electrons. The normalized spacial score (nSPS) is 11.9. The zero-order chi connectivity index (χ0) is 13.2. The monoisotopic (exact) mass is 319 g/mol. The number of rotatable bonds is 4. The van der Waals surface area contributed by atoms with E-state index >= 15 is 0 Å². The summed E-state index contributed by atoms with van der Waals surface area (Å²) in [5, 5.41) is 9.76. The van der Waals surface area contributed by atoms with E-state index in [9.17, 15) is 4.79 Å². The Balaban J connectivity index is 2.84. The molecule has 0 fully saturated rings. The fourth-order valence-corrected chi connectivity index (χ4v) is 1.82. The lowest BCUT2D eigenvalue weighted by Gasteiger charge is -2.31. The van der Waals surface area contributed by atoms with Gasteiger partial charge in [-0.25, -0.2) is 0 Å². The molecule has 0 amide bonds. The SMILES string of the molecule is CN(Cc1ccc(Cl)c(Br)c1)C(C)(C)C(=O)O. The first-order valence-corrected chi connectivity index (χ1v) is 6.31. The summed E-state index contributed by atoms with van der Waals surface area (Å²) in [6, 6.07) is 5.58. The number of hydrogen-bond acceptors (Lipinski definition) is 2. The largest absolute Gasteiger partial charge is 0.480 e. The van der Waals surface area contributed by atoms with Gasteiger partial charge in [-0.3, -0.25) is 9.69 Å². The molecule has 0 heterocycles. The molecule has 0 aliphatic carbocycles. The molecule has 1 N–H and O–H groups in total. The molecule has 0 aliphatic rings. The van der Waals surface area contributed by atoms with Crippen LogP contribution in [-0.2, 0) is 11.3 Å². The van der Waals surface area contributed by atoms with Gasteiger partial charge in [0.15, 0.2) is 0 Å². The van der Waals surface area contributed by atoms with Gasteiger partial charge in [-0.1, -0.05) is 17.7 Å². The molecule has 17 heavy (non-hydrogen) atoms. The Morgan fingerprint density at radius 1 is 1.53 bits per heavy atom. The number of carboxylic acids is 1. The van der Waals surface area contributed by atoms with Crippen LogP contribution in [0.15, 0.2) is 22.7 Å². The van der Waals surface area contributed by atoms with Crippen LogP contribution < -0.4 is 0 Å². The van der Waals surface area contributed by atoms with Crippen LogP contribution in [0.4, 0.5) is 0 Å². The van der Waals surface area contributed by atoms with Gasteiger partial charge in [-0.15, -0.1) is 0 Å². The summed E-state index contributed by atoms with van der Waals surface area (Å²) in [6.07, 6.45) is 0. The third kappa shape index (κ3) is 3.44. The minimum Gasteiger partial charge on any atom is -0.480 e. The molecule has 3 nitrogen and oxygen atoms in total. The summed E-state index contributed by atoms with van der Waals surface area (Å²) in [6.45, 7) is 3.91. The third-order valence-corrected chi connectivity index (χ3v) is 4.10. The summed E-state index contributed by atoms with van der Waals surface area (Å²) in [7, 11) is 1.79. The van der Waals surface area contributed by atoms with Crippen LogP contribution in [0.25, 0.3) is 0 Å². The van der Waals surface area contributed by atoms with Crippen molar-refractivity contribution in [2.24, 2.45) is 0 Å². The molecular weight excluding hydrogens is 305 g/mol. The number of carboxylic acid groups (broad SMARTS) is 1. The van der Waals surface area contributed by atoms with Crippen molar-refractivity contribution in [3.8, 4) is 0 Å². The first-order chi connectivity index (χ1) is 7.75. The van der Waals surface area contributed by atoms with Crippen LogP contribution in [0.2, 0.25) is 5.02 Å². The lowest BCUT2D eigenvalue weighted by Crippen LogP contribution is -2.47. The smallest absolute Gasteiger partial charge is 0.323 e. The molecule has 0 aromatic heterocycles. The molecule has 1 rings (SSSR count).